The van der Waals surface area contributed by atoms with E-state index in [1.807, 2.05) is 31.7 Å². The topological polar surface area (TPSA) is 29.5 Å². The first-order chi connectivity index (χ1) is 9.38. The van der Waals surface area contributed by atoms with Crippen molar-refractivity contribution in [2.75, 3.05) is 13.2 Å². The fraction of sp³-hybridized carbons (Fsp3) is 0.562. The summed E-state index contributed by atoms with van der Waals surface area (Å²) in [7, 11) is 0. The highest BCUT2D eigenvalue weighted by Crippen LogP contribution is 2.23. The smallest absolute Gasteiger partial charge is 0.223 e. The first-order valence-corrected chi connectivity index (χ1v) is 7.05. The lowest BCUT2D eigenvalue weighted by Crippen LogP contribution is -2.57. The Morgan fingerprint density at radius 3 is 2.95 bits per heavy atom. The maximum atomic E-state index is 13.1. The SMILES string of the molecule is CC1CN(C(=O)CCc2cccc(F)c2)C(C)(C)CO1. The second-order valence-corrected chi connectivity index (χ2v) is 6.07. The maximum Gasteiger partial charge on any atom is 0.223 e. The van der Waals surface area contributed by atoms with Gasteiger partial charge in [0.1, 0.15) is 5.82 Å². The predicted octanol–water partition coefficient (Wildman–Crippen LogP) is 2.78. The van der Waals surface area contributed by atoms with E-state index < -0.39 is 0 Å². The molecule has 0 bridgehead atoms. The standard InChI is InChI=1S/C16H22FNO2/c1-12-10-18(16(2,3)11-20-12)15(19)8-7-13-5-4-6-14(17)9-13/h4-6,9,12H,7-8,10-11H2,1-3H3. The van der Waals surface area contributed by atoms with Crippen LogP contribution >= 0.6 is 0 Å². The number of aryl methyl sites for hydroxylation is 1. The Morgan fingerprint density at radius 2 is 2.25 bits per heavy atom. The second kappa shape index (κ2) is 5.92. The Labute approximate surface area is 119 Å². The highest BCUT2D eigenvalue weighted by molar-refractivity contribution is 5.77. The Bertz CT molecular complexity index is 487. The van der Waals surface area contributed by atoms with Crippen LogP contribution in [0.5, 0.6) is 0 Å². The Balaban J connectivity index is 1.97. The summed E-state index contributed by atoms with van der Waals surface area (Å²) in [5.74, 6) is -0.148. The normalized spacial score (nSPS) is 21.8. The van der Waals surface area contributed by atoms with Gasteiger partial charge in [-0.3, -0.25) is 4.79 Å². The number of ether oxygens (including phenoxy) is 1. The molecule has 1 saturated heterocycles. The summed E-state index contributed by atoms with van der Waals surface area (Å²) in [5, 5.41) is 0. The van der Waals surface area contributed by atoms with Crippen LogP contribution in [0.15, 0.2) is 24.3 Å². The number of morpholine rings is 1. The molecule has 1 heterocycles. The van der Waals surface area contributed by atoms with E-state index in [0.717, 1.165) is 5.56 Å². The number of amides is 1. The predicted molar refractivity (Wildman–Crippen MR) is 75.9 cm³/mol. The van der Waals surface area contributed by atoms with Crippen molar-refractivity contribution in [3.8, 4) is 0 Å². The zero-order chi connectivity index (χ0) is 14.8. The van der Waals surface area contributed by atoms with E-state index in [9.17, 15) is 9.18 Å². The molecule has 110 valence electrons. The van der Waals surface area contributed by atoms with Crippen LogP contribution in [0.3, 0.4) is 0 Å². The van der Waals surface area contributed by atoms with E-state index >= 15 is 0 Å². The average molecular weight is 279 g/mol. The van der Waals surface area contributed by atoms with Gasteiger partial charge < -0.3 is 9.64 Å². The number of rotatable bonds is 3. The van der Waals surface area contributed by atoms with Crippen LogP contribution < -0.4 is 0 Å². The molecule has 2 rings (SSSR count). The number of carbonyl (C=O) groups is 1. The highest BCUT2D eigenvalue weighted by atomic mass is 19.1. The lowest BCUT2D eigenvalue weighted by Gasteiger charge is -2.44. The molecule has 1 aliphatic heterocycles. The molecule has 1 atom stereocenters. The molecule has 0 aromatic heterocycles. The molecule has 3 nitrogen and oxygen atoms in total. The van der Waals surface area contributed by atoms with Gasteiger partial charge in [0, 0.05) is 13.0 Å². The van der Waals surface area contributed by atoms with E-state index in [1.165, 1.54) is 12.1 Å². The van der Waals surface area contributed by atoms with Crippen molar-refractivity contribution >= 4 is 5.91 Å². The molecule has 0 aliphatic carbocycles. The van der Waals surface area contributed by atoms with Crippen molar-refractivity contribution in [3.63, 3.8) is 0 Å². The van der Waals surface area contributed by atoms with Gasteiger partial charge in [-0.1, -0.05) is 12.1 Å². The summed E-state index contributed by atoms with van der Waals surface area (Å²) in [6, 6.07) is 6.43. The molecule has 20 heavy (non-hydrogen) atoms. The van der Waals surface area contributed by atoms with Crippen molar-refractivity contribution in [1.82, 2.24) is 4.90 Å². The molecule has 1 aromatic carbocycles. The van der Waals surface area contributed by atoms with E-state index in [2.05, 4.69) is 0 Å². The summed E-state index contributed by atoms with van der Waals surface area (Å²) in [4.78, 5) is 14.3. The van der Waals surface area contributed by atoms with Crippen molar-refractivity contribution in [3.05, 3.63) is 35.6 Å². The first-order valence-electron chi connectivity index (χ1n) is 7.05. The van der Waals surface area contributed by atoms with Gasteiger partial charge >= 0.3 is 0 Å². The van der Waals surface area contributed by atoms with Crippen molar-refractivity contribution in [2.24, 2.45) is 0 Å². The quantitative estimate of drug-likeness (QED) is 0.851. The summed E-state index contributed by atoms with van der Waals surface area (Å²) >= 11 is 0. The lowest BCUT2D eigenvalue weighted by atomic mass is 9.99. The van der Waals surface area contributed by atoms with Crippen molar-refractivity contribution in [2.45, 2.75) is 45.3 Å². The van der Waals surface area contributed by atoms with Gasteiger partial charge in [0.15, 0.2) is 0 Å². The third-order valence-electron chi connectivity index (χ3n) is 3.71. The Hall–Kier alpha value is -1.42. The average Bonchev–Trinajstić information content (AvgIpc) is 2.39. The number of hydrogen-bond acceptors (Lipinski definition) is 2. The largest absolute Gasteiger partial charge is 0.374 e. The summed E-state index contributed by atoms with van der Waals surface area (Å²) in [5.41, 5.74) is 0.586. The second-order valence-electron chi connectivity index (χ2n) is 6.07. The monoisotopic (exact) mass is 279 g/mol. The molecule has 1 aliphatic rings. The number of nitrogens with zero attached hydrogens (tertiary/aromatic N) is 1. The number of benzene rings is 1. The third kappa shape index (κ3) is 3.57. The van der Waals surface area contributed by atoms with E-state index in [1.54, 1.807) is 6.07 Å². The molecule has 0 N–H and O–H groups in total. The number of hydrogen-bond donors (Lipinski definition) is 0. The van der Waals surface area contributed by atoms with Crippen LogP contribution in [0.4, 0.5) is 4.39 Å². The van der Waals surface area contributed by atoms with E-state index in [0.29, 0.717) is 26.0 Å². The molecule has 0 saturated carbocycles. The van der Waals surface area contributed by atoms with Gasteiger partial charge in [-0.25, -0.2) is 4.39 Å². The summed E-state index contributed by atoms with van der Waals surface area (Å²) in [6.45, 7) is 7.18. The molecule has 1 amide bonds. The molecule has 0 spiro atoms. The maximum absolute atomic E-state index is 13.1. The summed E-state index contributed by atoms with van der Waals surface area (Å²) < 4.78 is 18.7. The minimum absolute atomic E-state index is 0.0705. The van der Waals surface area contributed by atoms with Gasteiger partial charge in [-0.15, -0.1) is 0 Å². The highest BCUT2D eigenvalue weighted by Gasteiger charge is 2.36. The van der Waals surface area contributed by atoms with E-state index in [4.69, 9.17) is 4.74 Å². The minimum Gasteiger partial charge on any atom is -0.374 e. The fourth-order valence-electron chi connectivity index (χ4n) is 2.50. The van der Waals surface area contributed by atoms with Crippen LogP contribution in [-0.4, -0.2) is 35.6 Å². The third-order valence-corrected chi connectivity index (χ3v) is 3.71. The molecule has 0 radical (unpaired) electrons. The van der Waals surface area contributed by atoms with Gasteiger partial charge in [0.25, 0.3) is 0 Å². The zero-order valence-corrected chi connectivity index (χ0v) is 12.4. The van der Waals surface area contributed by atoms with E-state index in [-0.39, 0.29) is 23.4 Å². The van der Waals surface area contributed by atoms with Crippen LogP contribution in [0, 0.1) is 5.82 Å². The fourth-order valence-corrected chi connectivity index (χ4v) is 2.50. The molecule has 1 aromatic rings. The van der Waals surface area contributed by atoms with Crippen molar-refractivity contribution in [1.29, 1.82) is 0 Å². The van der Waals surface area contributed by atoms with Gasteiger partial charge in [-0.2, -0.15) is 0 Å². The van der Waals surface area contributed by atoms with Crippen LogP contribution in [-0.2, 0) is 16.0 Å². The molecular weight excluding hydrogens is 257 g/mol. The molecular formula is C16H22FNO2. The minimum atomic E-state index is -0.272. The van der Waals surface area contributed by atoms with Crippen LogP contribution in [0.25, 0.3) is 0 Å². The van der Waals surface area contributed by atoms with Crippen LogP contribution in [0.2, 0.25) is 0 Å². The van der Waals surface area contributed by atoms with Gasteiger partial charge in [0.05, 0.1) is 18.2 Å². The Morgan fingerprint density at radius 1 is 1.50 bits per heavy atom. The zero-order valence-electron chi connectivity index (χ0n) is 12.4. The number of halogens is 1. The molecule has 4 heteroatoms. The summed E-state index contributed by atoms with van der Waals surface area (Å²) in [6.07, 6.45) is 1.04. The van der Waals surface area contributed by atoms with Crippen LogP contribution in [0.1, 0.15) is 32.8 Å². The van der Waals surface area contributed by atoms with Gasteiger partial charge in [0.2, 0.25) is 5.91 Å². The van der Waals surface area contributed by atoms with Gasteiger partial charge in [-0.05, 0) is 44.9 Å². The first kappa shape index (κ1) is 15.0. The number of carbonyl (C=O) groups excluding carboxylic acids is 1. The molecule has 1 fully saturated rings. The Kier molecular flexibility index (Phi) is 4.43. The van der Waals surface area contributed by atoms with Crippen molar-refractivity contribution < 1.29 is 13.9 Å². The molecule has 1 unspecified atom stereocenters. The lowest BCUT2D eigenvalue weighted by molar-refractivity contribution is -0.152.